The SMILES string of the molecule is COC(C)[C@@H](OC(OP(=O)(S)OC1C(OC)[C@H](n2cc(C)c(=O)[nH]c2=O)O[C@@H]1COP(O)(=S)OC1C[C@H](n2cc(C)c(=O)[nH]c2=O)O[C@@H]1COP(O)(=S)OC1C[C@H](n2cnc3c(=O)[nH]c(N)nc32)O[C@@H]1COP(O)(=S)OC(C)C)OP(O)(=S)OCCCO)n1cc(C)c(=O)[nH]c1=O. The lowest BCUT2D eigenvalue weighted by atomic mass is 10.1. The molecule has 5 aromatic heterocycles. The Balaban J connectivity index is 1.06. The Kier molecular flexibility index (Phi) is 26.9. The Hall–Kier alpha value is -3.47. The van der Waals surface area contributed by atoms with Gasteiger partial charge in [0.25, 0.3) is 28.7 Å². The maximum Gasteiger partial charge on any atom is 0.390 e. The van der Waals surface area contributed by atoms with Crippen LogP contribution in [0.3, 0.4) is 0 Å². The molecular weight excluding hydrogens is 1500 g/mol. The van der Waals surface area contributed by atoms with Crippen molar-refractivity contribution in [2.45, 2.75) is 147 Å². The zero-order valence-corrected chi connectivity index (χ0v) is 60.8. The van der Waals surface area contributed by atoms with E-state index in [4.69, 9.17) is 127 Å². The lowest BCUT2D eigenvalue weighted by molar-refractivity contribution is -0.266. The number of nitrogens with one attached hydrogen (secondary N) is 4. The number of hydrogen-bond acceptors (Lipinski definition) is 32. The van der Waals surface area contributed by atoms with Crippen molar-refractivity contribution < 1.29 is 103 Å². The first kappa shape index (κ1) is 79.2. The van der Waals surface area contributed by atoms with E-state index in [1.165, 1.54) is 51.9 Å². The summed E-state index contributed by atoms with van der Waals surface area (Å²) in [5.41, 5.74) is -0.179. The summed E-state index contributed by atoms with van der Waals surface area (Å²) in [4.78, 5) is 153. The number of nitrogen functional groups attached to an aromatic ring is 1. The molecule has 40 nitrogen and oxygen atoms in total. The molecule has 0 aromatic carbocycles. The molecule has 0 spiro atoms. The molecule has 8 rings (SSSR count). The number of thiol groups is 1. The average molecular weight is 1570 g/mol. The summed E-state index contributed by atoms with van der Waals surface area (Å²) >= 11 is 25.6. The minimum absolute atomic E-state index is 0.00315. The van der Waals surface area contributed by atoms with E-state index in [0.717, 1.165) is 33.2 Å². The van der Waals surface area contributed by atoms with Crippen LogP contribution in [-0.2, 0) is 125 Å². The van der Waals surface area contributed by atoms with Gasteiger partial charge in [0, 0.05) is 68.9 Å². The Bertz CT molecular complexity index is 4340. The lowest BCUT2D eigenvalue weighted by Crippen LogP contribution is -2.41. The van der Waals surface area contributed by atoms with Crippen molar-refractivity contribution >= 4 is 110 Å². The molecule has 3 fully saturated rings. The largest absolute Gasteiger partial charge is 0.396 e. The number of imidazole rings is 1. The first-order chi connectivity index (χ1) is 45.3. The Labute approximate surface area is 572 Å². The molecule has 8 heterocycles. The molecule has 5 aromatic rings. The van der Waals surface area contributed by atoms with Gasteiger partial charge in [0.05, 0.1) is 57.2 Å². The summed E-state index contributed by atoms with van der Waals surface area (Å²) in [6.07, 6.45) is -14.0. The van der Waals surface area contributed by atoms with Crippen molar-refractivity contribution in [1.82, 2.24) is 48.2 Å². The number of rotatable bonds is 34. The minimum atomic E-state index is -5.21. The smallest absolute Gasteiger partial charge is 0.390 e. The second kappa shape index (κ2) is 32.9. The fraction of sp³-hybridized carbons (Fsp3) is 0.638. The van der Waals surface area contributed by atoms with Crippen LogP contribution in [0.25, 0.3) is 11.2 Å². The van der Waals surface area contributed by atoms with Crippen molar-refractivity contribution in [2.24, 2.45) is 0 Å². The van der Waals surface area contributed by atoms with Gasteiger partial charge in [-0.1, -0.05) is 12.2 Å². The van der Waals surface area contributed by atoms with E-state index < -0.39 is 186 Å². The van der Waals surface area contributed by atoms with E-state index in [1.54, 1.807) is 13.8 Å². The first-order valence-electron chi connectivity index (χ1n) is 28.6. The molecule has 97 heavy (non-hydrogen) atoms. The monoisotopic (exact) mass is 1570 g/mol. The number of hydrogen-bond donors (Lipinski definition) is 11. The van der Waals surface area contributed by atoms with Crippen LogP contribution < -0.4 is 45.0 Å². The molecule has 11 unspecified atom stereocenters. The summed E-state index contributed by atoms with van der Waals surface area (Å²) in [5, 5.41) is 9.38. The third kappa shape index (κ3) is 20.7. The van der Waals surface area contributed by atoms with Crippen molar-refractivity contribution in [3.05, 3.63) is 114 Å². The quantitative estimate of drug-likeness (QED) is 0.0116. The number of nitrogens with zero attached hydrogens (tertiary/aromatic N) is 6. The highest BCUT2D eigenvalue weighted by molar-refractivity contribution is 8.44. The number of ether oxygens (including phenoxy) is 6. The van der Waals surface area contributed by atoms with Crippen LogP contribution in [0.15, 0.2) is 58.5 Å². The summed E-state index contributed by atoms with van der Waals surface area (Å²) in [6, 6.07) is 0. The molecule has 0 saturated carbocycles. The molecule has 3 aliphatic heterocycles. The van der Waals surface area contributed by atoms with Gasteiger partial charge in [-0.25, -0.2) is 28.5 Å². The number of aliphatic hydroxyl groups is 1. The van der Waals surface area contributed by atoms with Gasteiger partial charge in [-0.05, 0) is 95.2 Å². The fourth-order valence-electron chi connectivity index (χ4n) is 9.79. The van der Waals surface area contributed by atoms with Gasteiger partial charge in [-0.15, -0.1) is 0 Å². The highest BCUT2D eigenvalue weighted by Gasteiger charge is 2.52. The lowest BCUT2D eigenvalue weighted by Gasteiger charge is -2.32. The van der Waals surface area contributed by atoms with Crippen LogP contribution in [-0.4, -0.2) is 182 Å². The van der Waals surface area contributed by atoms with Gasteiger partial charge in [-0.3, -0.25) is 66.4 Å². The summed E-state index contributed by atoms with van der Waals surface area (Å²) in [7, 11) is 2.32. The normalized spacial score (nSPS) is 26.3. The van der Waals surface area contributed by atoms with Crippen LogP contribution in [0.4, 0.5) is 5.95 Å². The fourth-order valence-corrected chi connectivity index (χ4v) is 17.1. The number of H-pyrrole nitrogens is 4. The molecule has 0 bridgehead atoms. The zero-order valence-electron chi connectivity index (χ0n) is 52.2. The third-order valence-electron chi connectivity index (χ3n) is 14.3. The number of methoxy groups -OCH3 is 2. The third-order valence-corrected chi connectivity index (χ3v) is 22.3. The molecule has 50 heteroatoms. The standard InChI is InChI=1S/C47H70N11O29P5S5/c1-21(2)82-89(68,94)75-17-29-27(13-32(79-29)58-20-49-33-36(58)50-43(48)51-40(33)63)84-90(69,95)76-18-28-26(12-31(78-28)55-14-22(3)37(60)52-44(55)64)83-91(70,96)77-19-30-34(35(73-8)42(80-30)57-16-24(5)39(62)54-46(57)66)85-92(71,97)87-47(86-88(67,93)74-11-9-10-59)81-41(25(6)72-7)56-15-23(4)38(61)53-45(56)65/h14-16,20-21,25-32,34-35,41-42,47,59H,9-13,17-19H2,1-8H3,(H,67,93)(H,68,94)(H,69,95)(H,70,96)(H,71,97)(H,52,60,64)(H,53,61,65)(H,54,62,66)(H3,48,50,51,63)/t25?,26?,27?,28-,29-,30-,31-,32-,34?,35?,41-,42-,47?,88?,89?,90?,91?,92?/m1/s1. The number of aliphatic hydroxyl groups excluding tert-OH is 1. The molecule has 11 N–H and O–H groups in total. The van der Waals surface area contributed by atoms with E-state index in [-0.39, 0.29) is 59.7 Å². The van der Waals surface area contributed by atoms with Crippen LogP contribution in [0.5, 0.6) is 0 Å². The highest BCUT2D eigenvalue weighted by atomic mass is 32.7. The molecule has 3 saturated heterocycles. The molecule has 18 atom stereocenters. The van der Waals surface area contributed by atoms with Gasteiger partial charge in [0.1, 0.15) is 43.0 Å². The Morgan fingerprint density at radius 3 is 1.73 bits per heavy atom. The van der Waals surface area contributed by atoms with Crippen LogP contribution in [0, 0.1) is 20.8 Å². The number of nitrogens with two attached hydrogens (primary N) is 1. The van der Waals surface area contributed by atoms with E-state index in [1.807, 2.05) is 0 Å². The van der Waals surface area contributed by atoms with E-state index in [9.17, 15) is 62.8 Å². The van der Waals surface area contributed by atoms with Crippen LogP contribution in [0.1, 0.15) is 81.6 Å². The van der Waals surface area contributed by atoms with Crippen LogP contribution in [0.2, 0.25) is 0 Å². The molecule has 3 aliphatic rings. The van der Waals surface area contributed by atoms with Crippen molar-refractivity contribution in [1.29, 1.82) is 0 Å². The van der Waals surface area contributed by atoms with E-state index >= 15 is 0 Å². The second-order valence-corrected chi connectivity index (χ2v) is 35.8. The van der Waals surface area contributed by atoms with Crippen molar-refractivity contribution in [3.8, 4) is 0 Å². The number of anilines is 1. The van der Waals surface area contributed by atoms with E-state index in [0.29, 0.717) is 0 Å². The average Bonchev–Trinajstić information content (AvgIpc) is 1.65. The maximum atomic E-state index is 14.8. The Morgan fingerprint density at radius 2 is 1.18 bits per heavy atom. The molecule has 542 valence electrons. The van der Waals surface area contributed by atoms with Crippen molar-refractivity contribution in [3.63, 3.8) is 0 Å². The zero-order chi connectivity index (χ0) is 71.4. The summed E-state index contributed by atoms with van der Waals surface area (Å²) in [6.45, 7) is -19.7. The van der Waals surface area contributed by atoms with Gasteiger partial charge < -0.3 is 90.5 Å². The number of aromatic amines is 4. The maximum absolute atomic E-state index is 14.8. The van der Waals surface area contributed by atoms with Gasteiger partial charge >= 0.3 is 50.7 Å². The summed E-state index contributed by atoms with van der Waals surface area (Å²) in [5.74, 6) is -0.245. The number of aryl methyl sites for hydroxylation is 3. The predicted molar refractivity (Wildman–Crippen MR) is 354 cm³/mol. The van der Waals surface area contributed by atoms with Crippen molar-refractivity contribution in [2.75, 3.05) is 53.0 Å². The highest BCUT2D eigenvalue weighted by Crippen LogP contribution is 2.60. The summed E-state index contributed by atoms with van der Waals surface area (Å²) < 4.78 is 112. The second-order valence-electron chi connectivity index (χ2n) is 21.8. The molecule has 0 amide bonds. The van der Waals surface area contributed by atoms with Gasteiger partial charge in [-0.2, -0.15) is 4.98 Å². The molecular formula is C47H70N11O29P5S5. The Morgan fingerprint density at radius 1 is 0.660 bits per heavy atom. The topological polar surface area (TPSA) is 520 Å². The number of fused-ring (bicyclic) bond motifs is 1. The molecule has 0 radical (unpaired) electrons. The predicted octanol–water partition coefficient (Wildman–Crippen LogP) is 0.566. The molecule has 0 aliphatic carbocycles. The van der Waals surface area contributed by atoms with Gasteiger partial charge in [0.2, 0.25) is 5.95 Å². The minimum Gasteiger partial charge on any atom is -0.396 e. The van der Waals surface area contributed by atoms with E-state index in [2.05, 4.69) is 42.2 Å². The first-order valence-corrected chi connectivity index (χ1v) is 41.7. The number of aromatic nitrogens is 10. The van der Waals surface area contributed by atoms with Crippen LogP contribution >= 0.6 is 45.9 Å². The van der Waals surface area contributed by atoms with Gasteiger partial charge in [0.15, 0.2) is 23.6 Å².